The van der Waals surface area contributed by atoms with E-state index in [0.29, 0.717) is 0 Å². The van der Waals surface area contributed by atoms with Crippen LogP contribution in [0.3, 0.4) is 0 Å². The Kier molecular flexibility index (Phi) is 3.76. The number of hydrogen-bond donors (Lipinski definition) is 0. The summed E-state index contributed by atoms with van der Waals surface area (Å²) in [6.45, 7) is 8.83. The van der Waals surface area contributed by atoms with Gasteiger partial charge in [-0.05, 0) is 55.9 Å². The van der Waals surface area contributed by atoms with Crippen molar-refractivity contribution in [1.29, 1.82) is 0 Å². The Morgan fingerprint density at radius 1 is 1.09 bits per heavy atom. The van der Waals surface area contributed by atoms with Gasteiger partial charge >= 0.3 is 0 Å². The molecule has 0 saturated heterocycles. The summed E-state index contributed by atoms with van der Waals surface area (Å²) in [6, 6.07) is 10.8. The van der Waals surface area contributed by atoms with Gasteiger partial charge in [-0.2, -0.15) is 0 Å². The maximum absolute atomic E-state index is 6.47. The summed E-state index contributed by atoms with van der Waals surface area (Å²) in [6.07, 6.45) is 2.87. The zero-order valence-electron chi connectivity index (χ0n) is 14.8. The molecule has 23 heavy (non-hydrogen) atoms. The first-order chi connectivity index (χ1) is 11.2. The summed E-state index contributed by atoms with van der Waals surface area (Å²) >= 11 is 0. The summed E-state index contributed by atoms with van der Waals surface area (Å²) < 4.78 is 7.56. The normalized spacial score (nSPS) is 33.0. The van der Waals surface area contributed by atoms with Crippen LogP contribution in [-0.2, 0) is 4.74 Å². The fourth-order valence-corrected chi connectivity index (χ4v) is 5.00. The van der Waals surface area contributed by atoms with E-state index >= 15 is 0 Å². The molecular formula is C21H30NO+. The van der Waals surface area contributed by atoms with Crippen LogP contribution in [0.4, 0.5) is 0 Å². The molecule has 4 aliphatic carbocycles. The molecule has 2 atom stereocenters. The van der Waals surface area contributed by atoms with Gasteiger partial charge in [0.1, 0.15) is 18.9 Å². The molecule has 0 heterocycles. The van der Waals surface area contributed by atoms with E-state index in [1.54, 1.807) is 5.57 Å². The standard InChI is InChI=1S/C21H30NO/c1-4-22(3,5-2)11-12-23-21(15-9-7-6-8-10-15)19-16-13-17-18(14-16)20(17)19/h6-10,16-18,20H,4-5,11-14H2,1-3H3/q+1/b21-19+. The third kappa shape index (κ3) is 2.52. The predicted molar refractivity (Wildman–Crippen MR) is 94.6 cm³/mol. The molecule has 2 unspecified atom stereocenters. The minimum absolute atomic E-state index is 0.823. The summed E-state index contributed by atoms with van der Waals surface area (Å²) in [7, 11) is 2.34. The van der Waals surface area contributed by atoms with Gasteiger partial charge in [-0.3, -0.25) is 0 Å². The Morgan fingerprint density at radius 3 is 2.26 bits per heavy atom. The Balaban J connectivity index is 1.55. The lowest BCUT2D eigenvalue weighted by Crippen LogP contribution is -2.45. The Labute approximate surface area is 140 Å². The summed E-state index contributed by atoms with van der Waals surface area (Å²) in [4.78, 5) is 0. The van der Waals surface area contributed by atoms with Gasteiger partial charge in [0, 0.05) is 5.56 Å². The zero-order valence-corrected chi connectivity index (χ0v) is 14.8. The lowest BCUT2D eigenvalue weighted by molar-refractivity contribution is -0.906. The van der Waals surface area contributed by atoms with Gasteiger partial charge in [0.2, 0.25) is 0 Å². The van der Waals surface area contributed by atoms with E-state index in [4.69, 9.17) is 4.74 Å². The van der Waals surface area contributed by atoms with E-state index in [1.807, 2.05) is 0 Å². The Hall–Kier alpha value is -1.28. The van der Waals surface area contributed by atoms with Crippen molar-refractivity contribution >= 4 is 5.76 Å². The molecule has 4 bridgehead atoms. The minimum Gasteiger partial charge on any atom is -0.487 e. The van der Waals surface area contributed by atoms with Crippen LogP contribution < -0.4 is 0 Å². The van der Waals surface area contributed by atoms with Crippen molar-refractivity contribution in [1.82, 2.24) is 0 Å². The second kappa shape index (κ2) is 5.66. The van der Waals surface area contributed by atoms with Crippen molar-refractivity contribution in [2.24, 2.45) is 23.7 Å². The highest BCUT2D eigenvalue weighted by Gasteiger charge is 2.66. The Morgan fingerprint density at radius 2 is 1.74 bits per heavy atom. The Bertz CT molecular complexity index is 586. The first kappa shape index (κ1) is 15.3. The highest BCUT2D eigenvalue weighted by molar-refractivity contribution is 5.67. The second-order valence-electron chi connectivity index (χ2n) is 8.00. The lowest BCUT2D eigenvalue weighted by Gasteiger charge is -2.32. The molecule has 2 heteroatoms. The van der Waals surface area contributed by atoms with E-state index in [0.717, 1.165) is 41.3 Å². The van der Waals surface area contributed by atoms with E-state index in [9.17, 15) is 0 Å². The first-order valence-corrected chi connectivity index (χ1v) is 9.42. The average Bonchev–Trinajstić information content (AvgIpc) is 2.96. The molecule has 4 fully saturated rings. The van der Waals surface area contributed by atoms with Crippen LogP contribution >= 0.6 is 0 Å². The number of rotatable bonds is 7. The quantitative estimate of drug-likeness (QED) is 0.542. The molecule has 0 N–H and O–H groups in total. The van der Waals surface area contributed by atoms with Gasteiger partial charge < -0.3 is 9.22 Å². The number of likely N-dealkylation sites (N-methyl/N-ethyl adjacent to an activating group) is 1. The highest BCUT2D eigenvalue weighted by Crippen LogP contribution is 2.74. The molecule has 2 nitrogen and oxygen atoms in total. The fraction of sp³-hybridized carbons (Fsp3) is 0.619. The van der Waals surface area contributed by atoms with Crippen LogP contribution in [0.1, 0.15) is 32.3 Å². The van der Waals surface area contributed by atoms with Crippen molar-refractivity contribution < 1.29 is 9.22 Å². The maximum atomic E-state index is 6.47. The van der Waals surface area contributed by atoms with Crippen molar-refractivity contribution in [2.45, 2.75) is 26.7 Å². The number of quaternary nitrogens is 1. The number of benzene rings is 1. The number of allylic oxidation sites excluding steroid dienone is 1. The van der Waals surface area contributed by atoms with Gasteiger partial charge in [-0.25, -0.2) is 0 Å². The summed E-state index contributed by atoms with van der Waals surface area (Å²) in [5.74, 6) is 4.94. The largest absolute Gasteiger partial charge is 0.487 e. The fourth-order valence-electron chi connectivity index (χ4n) is 5.00. The predicted octanol–water partition coefficient (Wildman–Crippen LogP) is 4.19. The third-order valence-electron chi connectivity index (χ3n) is 6.95. The molecule has 0 aromatic heterocycles. The van der Waals surface area contributed by atoms with Gasteiger partial charge in [0.05, 0.1) is 20.1 Å². The zero-order chi connectivity index (χ0) is 16.0. The van der Waals surface area contributed by atoms with Crippen LogP contribution in [0, 0.1) is 23.7 Å². The monoisotopic (exact) mass is 312 g/mol. The SMILES string of the molecule is CC[N+](C)(CC)CCO/C(=C1\C2CC3C(C2)C13)c1ccccc1. The molecule has 5 rings (SSSR count). The van der Waals surface area contributed by atoms with Crippen molar-refractivity contribution in [2.75, 3.05) is 33.3 Å². The molecule has 0 aliphatic heterocycles. The summed E-state index contributed by atoms with van der Waals surface area (Å²) in [5, 5.41) is 0. The molecule has 0 spiro atoms. The molecule has 0 amide bonds. The average molecular weight is 312 g/mol. The number of ether oxygens (including phenoxy) is 1. The minimum atomic E-state index is 0.823. The smallest absolute Gasteiger partial charge is 0.137 e. The van der Waals surface area contributed by atoms with E-state index in [2.05, 4.69) is 51.2 Å². The highest BCUT2D eigenvalue weighted by atomic mass is 16.5. The molecular weight excluding hydrogens is 282 g/mol. The van der Waals surface area contributed by atoms with E-state index in [-0.39, 0.29) is 0 Å². The molecule has 124 valence electrons. The van der Waals surface area contributed by atoms with Crippen LogP contribution in [0.15, 0.2) is 35.9 Å². The lowest BCUT2D eigenvalue weighted by atomic mass is 10.0. The summed E-state index contributed by atoms with van der Waals surface area (Å²) in [5.41, 5.74) is 2.97. The maximum Gasteiger partial charge on any atom is 0.137 e. The molecule has 4 saturated carbocycles. The van der Waals surface area contributed by atoms with Gasteiger partial charge in [0.25, 0.3) is 0 Å². The van der Waals surface area contributed by atoms with Crippen molar-refractivity contribution in [3.05, 3.63) is 41.5 Å². The van der Waals surface area contributed by atoms with Crippen LogP contribution in [0.5, 0.6) is 0 Å². The van der Waals surface area contributed by atoms with Crippen LogP contribution in [-0.4, -0.2) is 37.8 Å². The molecule has 0 radical (unpaired) electrons. The van der Waals surface area contributed by atoms with E-state index in [1.165, 1.54) is 37.3 Å². The molecule has 4 aliphatic rings. The second-order valence-corrected chi connectivity index (χ2v) is 8.00. The van der Waals surface area contributed by atoms with Gasteiger partial charge in [-0.1, -0.05) is 30.3 Å². The third-order valence-corrected chi connectivity index (χ3v) is 6.95. The first-order valence-electron chi connectivity index (χ1n) is 9.42. The van der Waals surface area contributed by atoms with Gasteiger partial charge in [0.15, 0.2) is 0 Å². The number of hydrogen-bond acceptors (Lipinski definition) is 1. The van der Waals surface area contributed by atoms with Gasteiger partial charge in [-0.15, -0.1) is 0 Å². The van der Waals surface area contributed by atoms with E-state index < -0.39 is 0 Å². The molecule has 1 aromatic carbocycles. The van der Waals surface area contributed by atoms with Crippen LogP contribution in [0.2, 0.25) is 0 Å². The topological polar surface area (TPSA) is 9.23 Å². The molecule has 1 aromatic rings. The number of nitrogens with zero attached hydrogens (tertiary/aromatic N) is 1. The van der Waals surface area contributed by atoms with Crippen molar-refractivity contribution in [3.63, 3.8) is 0 Å². The van der Waals surface area contributed by atoms with Crippen molar-refractivity contribution in [3.8, 4) is 0 Å². The van der Waals surface area contributed by atoms with Crippen LogP contribution in [0.25, 0.3) is 5.76 Å².